The number of aromatic nitrogens is 1. The Balaban J connectivity index is 2.06. The average Bonchev–Trinajstić information content (AvgIpc) is 2.64. The fourth-order valence-corrected chi connectivity index (χ4v) is 2.95. The Bertz CT molecular complexity index is 689. The first-order chi connectivity index (χ1) is 10.2. The maximum atomic E-state index is 9.33. The van der Waals surface area contributed by atoms with Crippen molar-refractivity contribution in [1.29, 1.82) is 5.26 Å². The van der Waals surface area contributed by atoms with E-state index in [1.807, 2.05) is 12.1 Å². The van der Waals surface area contributed by atoms with Crippen molar-refractivity contribution in [2.75, 3.05) is 23.4 Å². The van der Waals surface area contributed by atoms with Crippen LogP contribution in [0.25, 0.3) is 0 Å². The standard InChI is InChI=1S/C17H18N4/c1-13-11-20(2)16-8-4-3-6-15(16)12-21(13)17-14(10-18)7-5-9-19-17/h3-9,13H,11-12H2,1-2H3. The predicted molar refractivity (Wildman–Crippen MR) is 84.3 cm³/mol. The van der Waals surface area contributed by atoms with Gasteiger partial charge in [0.2, 0.25) is 0 Å². The highest BCUT2D eigenvalue weighted by Crippen LogP contribution is 2.29. The quantitative estimate of drug-likeness (QED) is 0.804. The first-order valence-corrected chi connectivity index (χ1v) is 7.11. The van der Waals surface area contributed by atoms with Crippen molar-refractivity contribution in [3.63, 3.8) is 0 Å². The van der Waals surface area contributed by atoms with Gasteiger partial charge in [-0.3, -0.25) is 0 Å². The van der Waals surface area contributed by atoms with Gasteiger partial charge in [0, 0.05) is 38.1 Å². The van der Waals surface area contributed by atoms with Crippen LogP contribution >= 0.6 is 0 Å². The summed E-state index contributed by atoms with van der Waals surface area (Å²) in [6, 6.07) is 14.6. The zero-order valence-corrected chi connectivity index (χ0v) is 12.3. The fraction of sp³-hybridized carbons (Fsp3) is 0.294. The van der Waals surface area contributed by atoms with Gasteiger partial charge in [-0.15, -0.1) is 0 Å². The molecular weight excluding hydrogens is 260 g/mol. The van der Waals surface area contributed by atoms with Crippen molar-refractivity contribution in [2.24, 2.45) is 0 Å². The zero-order chi connectivity index (χ0) is 14.8. The van der Waals surface area contributed by atoms with E-state index in [-0.39, 0.29) is 6.04 Å². The average molecular weight is 278 g/mol. The van der Waals surface area contributed by atoms with Gasteiger partial charge in [-0.1, -0.05) is 18.2 Å². The van der Waals surface area contributed by atoms with Crippen LogP contribution in [0.5, 0.6) is 0 Å². The number of fused-ring (bicyclic) bond motifs is 1. The van der Waals surface area contributed by atoms with Crippen molar-refractivity contribution >= 4 is 11.5 Å². The summed E-state index contributed by atoms with van der Waals surface area (Å²) in [4.78, 5) is 8.94. The smallest absolute Gasteiger partial charge is 0.147 e. The first kappa shape index (κ1) is 13.4. The molecule has 1 aromatic carbocycles. The summed E-state index contributed by atoms with van der Waals surface area (Å²) in [6.45, 7) is 3.85. The molecular formula is C17H18N4. The lowest BCUT2D eigenvalue weighted by atomic mass is 10.1. The van der Waals surface area contributed by atoms with Crippen molar-refractivity contribution < 1.29 is 0 Å². The molecule has 2 heterocycles. The van der Waals surface area contributed by atoms with Gasteiger partial charge in [0.15, 0.2) is 0 Å². The van der Waals surface area contributed by atoms with E-state index in [2.05, 4.69) is 59.1 Å². The molecule has 1 aliphatic heterocycles. The Labute approximate surface area is 125 Å². The lowest BCUT2D eigenvalue weighted by molar-refractivity contribution is 0.636. The highest BCUT2D eigenvalue weighted by atomic mass is 15.3. The molecule has 21 heavy (non-hydrogen) atoms. The molecule has 0 saturated heterocycles. The lowest BCUT2D eigenvalue weighted by Crippen LogP contribution is -2.39. The van der Waals surface area contributed by atoms with Crippen LogP contribution in [-0.2, 0) is 6.54 Å². The minimum Gasteiger partial charge on any atom is -0.372 e. The Hall–Kier alpha value is -2.54. The summed E-state index contributed by atoms with van der Waals surface area (Å²) in [6.07, 6.45) is 1.75. The summed E-state index contributed by atoms with van der Waals surface area (Å²) in [5.41, 5.74) is 3.14. The molecule has 0 amide bonds. The van der Waals surface area contributed by atoms with Crippen LogP contribution in [0, 0.1) is 11.3 Å². The Kier molecular flexibility index (Phi) is 3.49. The van der Waals surface area contributed by atoms with Gasteiger partial charge in [0.05, 0.1) is 5.56 Å². The molecule has 0 bridgehead atoms. The van der Waals surface area contributed by atoms with Crippen LogP contribution in [0.15, 0.2) is 42.6 Å². The molecule has 2 aromatic rings. The molecule has 1 aromatic heterocycles. The highest BCUT2D eigenvalue weighted by molar-refractivity contribution is 5.60. The van der Waals surface area contributed by atoms with Gasteiger partial charge in [0.25, 0.3) is 0 Å². The molecule has 0 fully saturated rings. The molecule has 0 saturated carbocycles. The number of anilines is 2. The fourth-order valence-electron chi connectivity index (χ4n) is 2.95. The largest absolute Gasteiger partial charge is 0.372 e. The van der Waals surface area contributed by atoms with Crippen molar-refractivity contribution in [3.8, 4) is 6.07 Å². The Morgan fingerprint density at radius 3 is 2.86 bits per heavy atom. The lowest BCUT2D eigenvalue weighted by Gasteiger charge is -2.30. The van der Waals surface area contributed by atoms with E-state index in [0.717, 1.165) is 18.9 Å². The van der Waals surface area contributed by atoms with Crippen LogP contribution in [0.3, 0.4) is 0 Å². The number of para-hydroxylation sites is 1. The van der Waals surface area contributed by atoms with E-state index in [9.17, 15) is 5.26 Å². The molecule has 4 nitrogen and oxygen atoms in total. The van der Waals surface area contributed by atoms with E-state index in [1.165, 1.54) is 11.3 Å². The molecule has 3 rings (SSSR count). The first-order valence-electron chi connectivity index (χ1n) is 7.11. The monoisotopic (exact) mass is 278 g/mol. The number of hydrogen-bond donors (Lipinski definition) is 0. The van der Waals surface area contributed by atoms with Gasteiger partial charge in [-0.05, 0) is 30.7 Å². The second kappa shape index (κ2) is 5.45. The number of nitrogens with zero attached hydrogens (tertiary/aromatic N) is 4. The Morgan fingerprint density at radius 1 is 1.24 bits per heavy atom. The van der Waals surface area contributed by atoms with Crippen LogP contribution < -0.4 is 9.80 Å². The topological polar surface area (TPSA) is 43.2 Å². The number of nitriles is 1. The molecule has 0 N–H and O–H groups in total. The number of pyridine rings is 1. The third kappa shape index (κ3) is 2.43. The van der Waals surface area contributed by atoms with E-state index in [1.54, 1.807) is 6.20 Å². The van der Waals surface area contributed by atoms with Crippen LogP contribution in [0.2, 0.25) is 0 Å². The molecule has 0 spiro atoms. The number of likely N-dealkylation sites (N-methyl/N-ethyl adjacent to an activating group) is 1. The van der Waals surface area contributed by atoms with Crippen molar-refractivity contribution in [2.45, 2.75) is 19.5 Å². The van der Waals surface area contributed by atoms with Crippen LogP contribution in [0.4, 0.5) is 11.5 Å². The SMILES string of the molecule is CC1CN(C)c2ccccc2CN1c1ncccc1C#N. The highest BCUT2D eigenvalue weighted by Gasteiger charge is 2.25. The summed E-state index contributed by atoms with van der Waals surface area (Å²) >= 11 is 0. The van der Waals surface area contributed by atoms with Crippen molar-refractivity contribution in [1.82, 2.24) is 4.98 Å². The van der Waals surface area contributed by atoms with Gasteiger partial charge >= 0.3 is 0 Å². The van der Waals surface area contributed by atoms with E-state index in [0.29, 0.717) is 5.56 Å². The van der Waals surface area contributed by atoms with Gasteiger partial charge in [-0.25, -0.2) is 4.98 Å². The van der Waals surface area contributed by atoms with Gasteiger partial charge < -0.3 is 9.80 Å². The summed E-state index contributed by atoms with van der Waals surface area (Å²) in [7, 11) is 2.11. The van der Waals surface area contributed by atoms with Crippen LogP contribution in [-0.4, -0.2) is 24.6 Å². The summed E-state index contributed by atoms with van der Waals surface area (Å²) in [5.74, 6) is 0.776. The molecule has 0 aliphatic carbocycles. The second-order valence-electron chi connectivity index (χ2n) is 5.47. The number of benzene rings is 1. The minimum atomic E-state index is 0.282. The van der Waals surface area contributed by atoms with Crippen LogP contribution in [0.1, 0.15) is 18.1 Å². The third-order valence-electron chi connectivity index (χ3n) is 3.99. The second-order valence-corrected chi connectivity index (χ2v) is 5.47. The maximum absolute atomic E-state index is 9.33. The molecule has 0 radical (unpaired) electrons. The molecule has 1 atom stereocenters. The van der Waals surface area contributed by atoms with Gasteiger partial charge in [0.1, 0.15) is 11.9 Å². The van der Waals surface area contributed by atoms with Crippen molar-refractivity contribution in [3.05, 3.63) is 53.7 Å². The molecule has 106 valence electrons. The van der Waals surface area contributed by atoms with Gasteiger partial charge in [-0.2, -0.15) is 5.26 Å². The molecule has 4 heteroatoms. The number of rotatable bonds is 1. The Morgan fingerprint density at radius 2 is 2.05 bits per heavy atom. The van der Waals surface area contributed by atoms with E-state index in [4.69, 9.17) is 0 Å². The van der Waals surface area contributed by atoms with E-state index >= 15 is 0 Å². The minimum absolute atomic E-state index is 0.282. The maximum Gasteiger partial charge on any atom is 0.147 e. The summed E-state index contributed by atoms with van der Waals surface area (Å²) in [5, 5.41) is 9.33. The molecule has 1 aliphatic rings. The molecule has 1 unspecified atom stereocenters. The predicted octanol–water partition coefficient (Wildman–Crippen LogP) is 2.80. The normalized spacial score (nSPS) is 17.9. The third-order valence-corrected chi connectivity index (χ3v) is 3.99. The van der Waals surface area contributed by atoms with E-state index < -0.39 is 0 Å². The summed E-state index contributed by atoms with van der Waals surface area (Å²) < 4.78 is 0. The zero-order valence-electron chi connectivity index (χ0n) is 12.3. The number of hydrogen-bond acceptors (Lipinski definition) is 4.